The number of thiocarbonyl (C=S) groups is 1. The summed E-state index contributed by atoms with van der Waals surface area (Å²) in [6, 6.07) is 0. The fraction of sp³-hybridized carbons (Fsp3) is 0.600. The average molecular weight is 225 g/mol. The maximum atomic E-state index is 5.71. The molecule has 2 N–H and O–H groups in total. The number of hydrogen-bond acceptors (Lipinski definition) is 3. The molecule has 0 aromatic carbocycles. The third-order valence-corrected chi connectivity index (χ3v) is 2.77. The van der Waals surface area contributed by atoms with Gasteiger partial charge in [0.25, 0.3) is 0 Å². The molecule has 5 heteroatoms. The number of aryl methyl sites for hydroxylation is 2. The molecule has 0 atom stereocenters. The zero-order chi connectivity index (χ0) is 11.0. The van der Waals surface area contributed by atoms with E-state index in [0.29, 0.717) is 16.8 Å². The highest BCUT2D eigenvalue weighted by Crippen LogP contribution is 2.30. The van der Waals surface area contributed by atoms with E-state index in [4.69, 9.17) is 22.7 Å². The molecule has 82 valence electrons. The number of aromatic nitrogens is 2. The number of nitrogens with zero attached hydrogens (tertiary/aromatic N) is 2. The van der Waals surface area contributed by atoms with Gasteiger partial charge in [0.05, 0.1) is 17.9 Å². The van der Waals surface area contributed by atoms with Gasteiger partial charge in [-0.2, -0.15) is 5.10 Å². The van der Waals surface area contributed by atoms with Crippen molar-refractivity contribution in [2.45, 2.75) is 19.8 Å². The van der Waals surface area contributed by atoms with Crippen LogP contribution in [0.1, 0.15) is 24.1 Å². The highest BCUT2D eigenvalue weighted by molar-refractivity contribution is 7.80. The molecule has 1 fully saturated rings. The zero-order valence-electron chi connectivity index (χ0n) is 8.99. The molecular weight excluding hydrogens is 210 g/mol. The molecule has 0 saturated heterocycles. The van der Waals surface area contributed by atoms with Crippen molar-refractivity contribution in [1.82, 2.24) is 9.78 Å². The van der Waals surface area contributed by atoms with Crippen LogP contribution < -0.4 is 10.5 Å². The first-order valence-electron chi connectivity index (χ1n) is 5.05. The molecule has 0 radical (unpaired) electrons. The van der Waals surface area contributed by atoms with E-state index in [1.165, 1.54) is 12.8 Å². The SMILES string of the molecule is Cc1nn(C)c(OCC2CC2)c1C(N)=S. The van der Waals surface area contributed by atoms with Crippen molar-refractivity contribution >= 4 is 17.2 Å². The van der Waals surface area contributed by atoms with Crippen molar-refractivity contribution in [3.8, 4) is 5.88 Å². The minimum atomic E-state index is 0.353. The van der Waals surface area contributed by atoms with E-state index in [1.54, 1.807) is 4.68 Å². The van der Waals surface area contributed by atoms with Crippen LogP contribution in [0.4, 0.5) is 0 Å². The van der Waals surface area contributed by atoms with Crippen LogP contribution in [0, 0.1) is 12.8 Å². The maximum Gasteiger partial charge on any atom is 0.222 e. The summed E-state index contributed by atoms with van der Waals surface area (Å²) < 4.78 is 7.41. The first-order valence-corrected chi connectivity index (χ1v) is 5.46. The van der Waals surface area contributed by atoms with Crippen molar-refractivity contribution in [1.29, 1.82) is 0 Å². The van der Waals surface area contributed by atoms with Crippen molar-refractivity contribution in [3.05, 3.63) is 11.3 Å². The summed E-state index contributed by atoms with van der Waals surface area (Å²) in [7, 11) is 1.84. The Labute approximate surface area is 94.4 Å². The quantitative estimate of drug-likeness (QED) is 0.781. The highest BCUT2D eigenvalue weighted by Gasteiger charge is 2.24. The van der Waals surface area contributed by atoms with Crippen LogP contribution in [-0.4, -0.2) is 21.4 Å². The molecule has 0 unspecified atom stereocenters. The summed E-state index contributed by atoms with van der Waals surface area (Å²) in [5.41, 5.74) is 7.25. The fourth-order valence-corrected chi connectivity index (χ4v) is 1.80. The van der Waals surface area contributed by atoms with Gasteiger partial charge in [-0.15, -0.1) is 0 Å². The van der Waals surface area contributed by atoms with Crippen molar-refractivity contribution in [3.63, 3.8) is 0 Å². The lowest BCUT2D eigenvalue weighted by Crippen LogP contribution is -2.13. The van der Waals surface area contributed by atoms with E-state index in [1.807, 2.05) is 14.0 Å². The Hall–Kier alpha value is -1.10. The molecule has 2 rings (SSSR count). The van der Waals surface area contributed by atoms with Gasteiger partial charge in [0.1, 0.15) is 4.99 Å². The van der Waals surface area contributed by atoms with Crippen LogP contribution in [0.5, 0.6) is 5.88 Å². The number of rotatable bonds is 4. The highest BCUT2D eigenvalue weighted by atomic mass is 32.1. The Morgan fingerprint density at radius 3 is 2.87 bits per heavy atom. The second-order valence-electron chi connectivity index (χ2n) is 4.01. The average Bonchev–Trinajstić information content (AvgIpc) is 2.89. The lowest BCUT2D eigenvalue weighted by molar-refractivity contribution is 0.274. The van der Waals surface area contributed by atoms with Crippen LogP contribution in [0.3, 0.4) is 0 Å². The Kier molecular flexibility index (Phi) is 2.65. The van der Waals surface area contributed by atoms with Gasteiger partial charge in [0.2, 0.25) is 5.88 Å². The molecule has 0 bridgehead atoms. The monoisotopic (exact) mass is 225 g/mol. The zero-order valence-corrected chi connectivity index (χ0v) is 9.80. The molecule has 0 amide bonds. The predicted molar refractivity (Wildman–Crippen MR) is 62.1 cm³/mol. The second-order valence-corrected chi connectivity index (χ2v) is 4.45. The van der Waals surface area contributed by atoms with Gasteiger partial charge in [-0.05, 0) is 25.7 Å². The minimum absolute atomic E-state index is 0.353. The van der Waals surface area contributed by atoms with Crippen LogP contribution in [0.15, 0.2) is 0 Å². The van der Waals surface area contributed by atoms with Crippen molar-refractivity contribution < 1.29 is 4.74 Å². The van der Waals surface area contributed by atoms with Crippen LogP contribution in [0.25, 0.3) is 0 Å². The summed E-state index contributed by atoms with van der Waals surface area (Å²) in [6.45, 7) is 2.63. The van der Waals surface area contributed by atoms with E-state index >= 15 is 0 Å². The predicted octanol–water partition coefficient (Wildman–Crippen LogP) is 1.15. The van der Waals surface area contributed by atoms with Crippen LogP contribution >= 0.6 is 12.2 Å². The maximum absolute atomic E-state index is 5.71. The molecule has 1 aliphatic rings. The van der Waals surface area contributed by atoms with Gasteiger partial charge in [-0.1, -0.05) is 12.2 Å². The van der Waals surface area contributed by atoms with Crippen molar-refractivity contribution in [2.24, 2.45) is 18.7 Å². The standard InChI is InChI=1S/C10H15N3OS/c1-6-8(9(11)15)10(13(2)12-6)14-5-7-3-4-7/h7H,3-5H2,1-2H3,(H2,11,15). The molecule has 1 aliphatic carbocycles. The van der Waals surface area contributed by atoms with Crippen LogP contribution in [0.2, 0.25) is 0 Å². The van der Waals surface area contributed by atoms with Gasteiger partial charge in [0, 0.05) is 7.05 Å². The molecule has 1 heterocycles. The molecule has 1 saturated carbocycles. The second kappa shape index (κ2) is 3.81. The van der Waals surface area contributed by atoms with Gasteiger partial charge < -0.3 is 10.5 Å². The smallest absolute Gasteiger partial charge is 0.222 e. The summed E-state index contributed by atoms with van der Waals surface area (Å²) in [5.74, 6) is 1.41. The summed E-state index contributed by atoms with van der Waals surface area (Å²) >= 11 is 4.99. The largest absolute Gasteiger partial charge is 0.477 e. The number of ether oxygens (including phenoxy) is 1. The van der Waals surface area contributed by atoms with E-state index in [9.17, 15) is 0 Å². The topological polar surface area (TPSA) is 53.1 Å². The normalized spacial score (nSPS) is 15.3. The van der Waals surface area contributed by atoms with E-state index in [0.717, 1.165) is 17.9 Å². The molecule has 0 aliphatic heterocycles. The number of nitrogens with two attached hydrogens (primary N) is 1. The molecule has 0 spiro atoms. The third kappa shape index (κ3) is 2.12. The van der Waals surface area contributed by atoms with Gasteiger partial charge in [0.15, 0.2) is 0 Å². The summed E-state index contributed by atoms with van der Waals surface area (Å²) in [6.07, 6.45) is 2.53. The Bertz CT molecular complexity index is 396. The molecule has 1 aromatic heterocycles. The Balaban J connectivity index is 2.21. The van der Waals surface area contributed by atoms with Gasteiger partial charge in [-0.25, -0.2) is 4.68 Å². The van der Waals surface area contributed by atoms with Crippen molar-refractivity contribution in [2.75, 3.05) is 6.61 Å². The molecular formula is C10H15N3OS. The Morgan fingerprint density at radius 1 is 1.67 bits per heavy atom. The lowest BCUT2D eigenvalue weighted by atomic mass is 10.2. The van der Waals surface area contributed by atoms with Crippen LogP contribution in [-0.2, 0) is 7.05 Å². The summed E-state index contributed by atoms with van der Waals surface area (Å²) in [5, 5.41) is 4.25. The van der Waals surface area contributed by atoms with E-state index < -0.39 is 0 Å². The molecule has 1 aromatic rings. The van der Waals surface area contributed by atoms with E-state index in [2.05, 4.69) is 5.10 Å². The minimum Gasteiger partial charge on any atom is -0.477 e. The van der Waals surface area contributed by atoms with Gasteiger partial charge >= 0.3 is 0 Å². The fourth-order valence-electron chi connectivity index (χ4n) is 1.57. The first-order chi connectivity index (χ1) is 7.09. The van der Waals surface area contributed by atoms with Gasteiger partial charge in [-0.3, -0.25) is 0 Å². The Morgan fingerprint density at radius 2 is 2.33 bits per heavy atom. The molecule has 4 nitrogen and oxygen atoms in total. The van der Waals surface area contributed by atoms with E-state index in [-0.39, 0.29) is 0 Å². The number of hydrogen-bond donors (Lipinski definition) is 1. The molecule has 15 heavy (non-hydrogen) atoms. The summed E-state index contributed by atoms with van der Waals surface area (Å²) in [4.78, 5) is 0.353. The first kappa shape index (κ1) is 10.4. The lowest BCUT2D eigenvalue weighted by Gasteiger charge is -2.07. The third-order valence-electron chi connectivity index (χ3n) is 2.57.